The molecule has 2 aromatic rings. The van der Waals surface area contributed by atoms with Crippen molar-refractivity contribution in [2.45, 2.75) is 20.0 Å². The molecule has 0 aromatic heterocycles. The molecule has 4 nitrogen and oxygen atoms in total. The zero-order valence-electron chi connectivity index (χ0n) is 14.4. The highest BCUT2D eigenvalue weighted by molar-refractivity contribution is 5.94. The van der Waals surface area contributed by atoms with Gasteiger partial charge in [0.25, 0.3) is 5.91 Å². The predicted molar refractivity (Wildman–Crippen MR) is 94.8 cm³/mol. The number of hydrogen-bond donors (Lipinski definition) is 1. The van der Waals surface area contributed by atoms with Gasteiger partial charge in [-0.15, -0.1) is 0 Å². The Balaban J connectivity index is 1.52. The first-order chi connectivity index (χ1) is 12.1. The Hall–Kier alpha value is -2.24. The number of rotatable bonds is 5. The monoisotopic (exact) mass is 342 g/mol. The number of amides is 1. The Morgan fingerprint density at radius 1 is 1.12 bits per heavy atom. The Kier molecular flexibility index (Phi) is 5.79. The number of nitrogens with one attached hydrogen (secondary N) is 1. The van der Waals surface area contributed by atoms with Crippen LogP contribution in [0, 0.1) is 12.7 Å². The molecule has 0 spiro atoms. The number of aryl methyl sites for hydroxylation is 1. The molecule has 1 amide bonds. The van der Waals surface area contributed by atoms with Crippen molar-refractivity contribution < 1.29 is 13.9 Å². The number of carbonyl (C=O) groups is 1. The van der Waals surface area contributed by atoms with Crippen LogP contribution in [0.3, 0.4) is 0 Å². The lowest BCUT2D eigenvalue weighted by Gasteiger charge is -2.26. The highest BCUT2D eigenvalue weighted by Gasteiger charge is 2.11. The lowest BCUT2D eigenvalue weighted by molar-refractivity contribution is 0.0342. The number of hydrogen-bond acceptors (Lipinski definition) is 3. The van der Waals surface area contributed by atoms with Crippen LogP contribution in [0.1, 0.15) is 27.0 Å². The minimum Gasteiger partial charge on any atom is -0.379 e. The van der Waals surface area contributed by atoms with E-state index in [1.54, 1.807) is 19.1 Å². The first kappa shape index (κ1) is 17.6. The lowest BCUT2D eigenvalue weighted by atomic mass is 10.1. The molecule has 1 aliphatic heterocycles. The van der Waals surface area contributed by atoms with E-state index in [0.717, 1.165) is 38.4 Å². The molecule has 0 unspecified atom stereocenters. The van der Waals surface area contributed by atoms with E-state index in [0.29, 0.717) is 17.7 Å². The minimum absolute atomic E-state index is 0.267. The van der Waals surface area contributed by atoms with Crippen LogP contribution >= 0.6 is 0 Å². The molecule has 0 atom stereocenters. The molecule has 0 radical (unpaired) electrons. The zero-order chi connectivity index (χ0) is 17.6. The molecule has 1 N–H and O–H groups in total. The molecule has 2 aromatic carbocycles. The van der Waals surface area contributed by atoms with Crippen LogP contribution in [0.15, 0.2) is 42.5 Å². The van der Waals surface area contributed by atoms with Crippen molar-refractivity contribution in [3.8, 4) is 0 Å². The third-order valence-corrected chi connectivity index (χ3v) is 4.42. The Bertz CT molecular complexity index is 725. The molecule has 1 fully saturated rings. The van der Waals surface area contributed by atoms with E-state index in [9.17, 15) is 9.18 Å². The van der Waals surface area contributed by atoms with Gasteiger partial charge in [0.15, 0.2) is 0 Å². The topological polar surface area (TPSA) is 41.6 Å². The van der Waals surface area contributed by atoms with Crippen LogP contribution in [0.25, 0.3) is 0 Å². The minimum atomic E-state index is -0.361. The molecule has 1 saturated heterocycles. The lowest BCUT2D eigenvalue weighted by Crippen LogP contribution is -2.35. The average Bonchev–Trinajstić information content (AvgIpc) is 2.64. The number of benzene rings is 2. The summed E-state index contributed by atoms with van der Waals surface area (Å²) in [6.45, 7) is 6.53. The number of nitrogens with zero attached hydrogens (tertiary/aromatic N) is 1. The summed E-state index contributed by atoms with van der Waals surface area (Å²) in [4.78, 5) is 14.5. The molecule has 3 rings (SSSR count). The van der Waals surface area contributed by atoms with E-state index < -0.39 is 0 Å². The van der Waals surface area contributed by atoms with E-state index >= 15 is 0 Å². The van der Waals surface area contributed by atoms with E-state index in [-0.39, 0.29) is 11.7 Å². The van der Waals surface area contributed by atoms with Crippen molar-refractivity contribution in [1.82, 2.24) is 10.2 Å². The van der Waals surface area contributed by atoms with Crippen LogP contribution in [0.2, 0.25) is 0 Å². The molecule has 5 heteroatoms. The molecular weight excluding hydrogens is 319 g/mol. The third-order valence-electron chi connectivity index (χ3n) is 4.42. The molecule has 0 aliphatic carbocycles. The van der Waals surface area contributed by atoms with Gasteiger partial charge in [-0.1, -0.05) is 30.3 Å². The Labute approximate surface area is 147 Å². The quantitative estimate of drug-likeness (QED) is 0.908. The van der Waals surface area contributed by atoms with E-state index in [1.807, 2.05) is 12.1 Å². The SMILES string of the molecule is Cc1ccc(C(=O)NCc2ccc(CN3CCOCC3)cc2)cc1F. The van der Waals surface area contributed by atoms with Crippen molar-refractivity contribution >= 4 is 5.91 Å². The van der Waals surface area contributed by atoms with Gasteiger partial charge in [0.2, 0.25) is 0 Å². The van der Waals surface area contributed by atoms with E-state index in [2.05, 4.69) is 22.3 Å². The maximum atomic E-state index is 13.5. The van der Waals surface area contributed by atoms with Gasteiger partial charge in [0, 0.05) is 31.7 Å². The molecular formula is C20H23FN2O2. The summed E-state index contributed by atoms with van der Waals surface area (Å²) >= 11 is 0. The normalized spacial score (nSPS) is 15.1. The molecule has 1 aliphatic rings. The second kappa shape index (κ2) is 8.23. The fourth-order valence-electron chi connectivity index (χ4n) is 2.80. The third kappa shape index (κ3) is 4.87. The Morgan fingerprint density at radius 2 is 1.80 bits per heavy atom. The molecule has 25 heavy (non-hydrogen) atoms. The molecule has 0 saturated carbocycles. The van der Waals surface area contributed by atoms with Gasteiger partial charge in [-0.05, 0) is 35.7 Å². The first-order valence-corrected chi connectivity index (χ1v) is 8.54. The van der Waals surface area contributed by atoms with Crippen molar-refractivity contribution in [1.29, 1.82) is 0 Å². The fraction of sp³-hybridized carbons (Fsp3) is 0.350. The van der Waals surface area contributed by atoms with Crippen molar-refractivity contribution in [3.05, 3.63) is 70.5 Å². The zero-order valence-corrected chi connectivity index (χ0v) is 14.4. The Morgan fingerprint density at radius 3 is 2.48 bits per heavy atom. The largest absolute Gasteiger partial charge is 0.379 e. The number of halogens is 1. The second-order valence-electron chi connectivity index (χ2n) is 6.35. The summed E-state index contributed by atoms with van der Waals surface area (Å²) in [5, 5.41) is 2.83. The van der Waals surface area contributed by atoms with Crippen molar-refractivity contribution in [2.75, 3.05) is 26.3 Å². The first-order valence-electron chi connectivity index (χ1n) is 8.54. The predicted octanol–water partition coefficient (Wildman–Crippen LogP) is 2.90. The van der Waals surface area contributed by atoms with Crippen LogP contribution in [0.4, 0.5) is 4.39 Å². The van der Waals surface area contributed by atoms with Crippen LogP contribution < -0.4 is 5.32 Å². The smallest absolute Gasteiger partial charge is 0.251 e. The average molecular weight is 342 g/mol. The summed E-state index contributed by atoms with van der Waals surface area (Å²) in [5.74, 6) is -0.628. The van der Waals surface area contributed by atoms with Crippen LogP contribution in [0.5, 0.6) is 0 Å². The second-order valence-corrected chi connectivity index (χ2v) is 6.35. The van der Waals surface area contributed by atoms with Gasteiger partial charge in [-0.2, -0.15) is 0 Å². The number of ether oxygens (including phenoxy) is 1. The van der Waals surface area contributed by atoms with Gasteiger partial charge >= 0.3 is 0 Å². The molecule has 0 bridgehead atoms. The summed E-state index contributed by atoms with van der Waals surface area (Å²) in [6.07, 6.45) is 0. The number of morpholine rings is 1. The van der Waals surface area contributed by atoms with Crippen LogP contribution in [-0.2, 0) is 17.8 Å². The summed E-state index contributed by atoms with van der Waals surface area (Å²) in [6, 6.07) is 12.7. The maximum Gasteiger partial charge on any atom is 0.251 e. The summed E-state index contributed by atoms with van der Waals surface area (Å²) < 4.78 is 18.9. The maximum absolute atomic E-state index is 13.5. The van der Waals surface area contributed by atoms with Crippen LogP contribution in [-0.4, -0.2) is 37.1 Å². The van der Waals surface area contributed by atoms with E-state index in [1.165, 1.54) is 11.6 Å². The van der Waals surface area contributed by atoms with Gasteiger partial charge < -0.3 is 10.1 Å². The van der Waals surface area contributed by atoms with Gasteiger partial charge in [0.05, 0.1) is 13.2 Å². The van der Waals surface area contributed by atoms with Crippen molar-refractivity contribution in [3.63, 3.8) is 0 Å². The van der Waals surface area contributed by atoms with Gasteiger partial charge in [-0.3, -0.25) is 9.69 Å². The summed E-state index contributed by atoms with van der Waals surface area (Å²) in [5.41, 5.74) is 3.14. The standard InChI is InChI=1S/C20H23FN2O2/c1-15-2-7-18(12-19(15)21)20(24)22-13-16-3-5-17(6-4-16)14-23-8-10-25-11-9-23/h2-7,12H,8-11,13-14H2,1H3,(H,22,24). The highest BCUT2D eigenvalue weighted by Crippen LogP contribution is 2.11. The van der Waals surface area contributed by atoms with Crippen molar-refractivity contribution in [2.24, 2.45) is 0 Å². The molecule has 132 valence electrons. The van der Waals surface area contributed by atoms with Gasteiger partial charge in [-0.25, -0.2) is 4.39 Å². The van der Waals surface area contributed by atoms with Gasteiger partial charge in [0.1, 0.15) is 5.82 Å². The van der Waals surface area contributed by atoms with E-state index in [4.69, 9.17) is 4.74 Å². The number of carbonyl (C=O) groups excluding carboxylic acids is 1. The summed E-state index contributed by atoms with van der Waals surface area (Å²) in [7, 11) is 0. The molecule has 1 heterocycles. The fourth-order valence-corrected chi connectivity index (χ4v) is 2.80. The highest BCUT2D eigenvalue weighted by atomic mass is 19.1.